The average Bonchev–Trinajstić information content (AvgIpc) is 2.35. The second-order valence-electron chi connectivity index (χ2n) is 3.68. The first kappa shape index (κ1) is 14.2. The number of hydrogen-bond donors (Lipinski definition) is 1. The van der Waals surface area contributed by atoms with Crippen LogP contribution in [0.5, 0.6) is 0 Å². The lowest BCUT2D eigenvalue weighted by atomic mass is 10.1. The number of halogens is 1. The van der Waals surface area contributed by atoms with Crippen molar-refractivity contribution in [2.45, 2.75) is 18.9 Å². The van der Waals surface area contributed by atoms with Crippen molar-refractivity contribution in [2.75, 3.05) is 14.2 Å². The maximum Gasteiger partial charge on any atom is 0.245 e. The molecule has 0 fully saturated rings. The summed E-state index contributed by atoms with van der Waals surface area (Å²) in [5.74, 6) is -0.149. The van der Waals surface area contributed by atoms with Gasteiger partial charge >= 0.3 is 0 Å². The first-order valence-corrected chi connectivity index (χ1v) is 6.08. The quantitative estimate of drug-likeness (QED) is 0.849. The summed E-state index contributed by atoms with van der Waals surface area (Å²) in [5.41, 5.74) is 0.807. The molecule has 0 aliphatic heterocycles. The zero-order valence-electron chi connectivity index (χ0n) is 9.89. The fourth-order valence-corrected chi connectivity index (χ4v) is 1.64. The van der Waals surface area contributed by atoms with E-state index in [1.54, 1.807) is 7.05 Å². The van der Waals surface area contributed by atoms with Crippen LogP contribution in [0.3, 0.4) is 0 Å². The van der Waals surface area contributed by atoms with Gasteiger partial charge in [-0.3, -0.25) is 9.63 Å². The molecule has 1 atom stereocenters. The topological polar surface area (TPSA) is 49.8 Å². The number of hydrogen-bond acceptors (Lipinski definition) is 3. The number of nitrogens with zero attached hydrogens (tertiary/aromatic N) is 1. The van der Waals surface area contributed by atoms with E-state index in [4.69, 9.17) is 4.84 Å². The molecular formula is C12H16BrNO3. The number of aliphatic hydroxyl groups is 1. The summed E-state index contributed by atoms with van der Waals surface area (Å²) in [4.78, 5) is 16.2. The predicted molar refractivity (Wildman–Crippen MR) is 68.1 cm³/mol. The summed E-state index contributed by atoms with van der Waals surface area (Å²) in [5, 5.41) is 11.0. The van der Waals surface area contributed by atoms with Gasteiger partial charge in [-0.1, -0.05) is 28.1 Å². The summed E-state index contributed by atoms with van der Waals surface area (Å²) in [6.07, 6.45) is 0.00716. The Hall–Kier alpha value is -0.910. The van der Waals surface area contributed by atoms with Crippen molar-refractivity contribution >= 4 is 21.8 Å². The van der Waals surface area contributed by atoms with E-state index in [1.807, 2.05) is 24.3 Å². The molecule has 0 saturated carbocycles. The van der Waals surface area contributed by atoms with E-state index in [0.717, 1.165) is 15.1 Å². The molecule has 4 nitrogen and oxygen atoms in total. The van der Waals surface area contributed by atoms with Crippen LogP contribution in [0.25, 0.3) is 0 Å². The van der Waals surface area contributed by atoms with Gasteiger partial charge in [-0.05, 0) is 24.1 Å². The van der Waals surface area contributed by atoms with Gasteiger partial charge in [-0.15, -0.1) is 0 Å². The Morgan fingerprint density at radius 3 is 2.59 bits per heavy atom. The predicted octanol–water partition coefficient (Wildman–Crippen LogP) is 2.28. The van der Waals surface area contributed by atoms with Gasteiger partial charge in [-0.25, -0.2) is 5.06 Å². The molecule has 0 aromatic heterocycles. The van der Waals surface area contributed by atoms with Crippen LogP contribution in [0, 0.1) is 0 Å². The Balaban J connectivity index is 2.47. The van der Waals surface area contributed by atoms with Gasteiger partial charge in [0.2, 0.25) is 5.91 Å². The van der Waals surface area contributed by atoms with Crippen molar-refractivity contribution in [3.05, 3.63) is 34.3 Å². The third-order valence-corrected chi connectivity index (χ3v) is 3.04. The second-order valence-corrected chi connectivity index (χ2v) is 4.60. The first-order chi connectivity index (χ1) is 8.04. The molecular weight excluding hydrogens is 286 g/mol. The number of carbonyl (C=O) groups is 1. The highest BCUT2D eigenvalue weighted by atomic mass is 79.9. The van der Waals surface area contributed by atoms with Crippen LogP contribution in [0.1, 0.15) is 24.5 Å². The van der Waals surface area contributed by atoms with E-state index in [9.17, 15) is 9.90 Å². The van der Waals surface area contributed by atoms with Crippen LogP contribution in [0.15, 0.2) is 28.7 Å². The Bertz CT molecular complexity index is 367. The van der Waals surface area contributed by atoms with Crippen LogP contribution < -0.4 is 0 Å². The van der Waals surface area contributed by atoms with E-state index < -0.39 is 6.10 Å². The third-order valence-electron chi connectivity index (χ3n) is 2.51. The van der Waals surface area contributed by atoms with Crippen molar-refractivity contribution < 1.29 is 14.7 Å². The molecule has 0 radical (unpaired) electrons. The second kappa shape index (κ2) is 6.74. The number of aliphatic hydroxyl groups excluding tert-OH is 1. The Kier molecular flexibility index (Phi) is 5.61. The van der Waals surface area contributed by atoms with Crippen molar-refractivity contribution in [2.24, 2.45) is 0 Å². The van der Waals surface area contributed by atoms with Crippen molar-refractivity contribution in [3.63, 3.8) is 0 Å². The zero-order chi connectivity index (χ0) is 12.8. The minimum Gasteiger partial charge on any atom is -0.388 e. The highest BCUT2D eigenvalue weighted by Crippen LogP contribution is 2.20. The maximum atomic E-state index is 11.4. The summed E-state index contributed by atoms with van der Waals surface area (Å²) in [6.45, 7) is 0. The van der Waals surface area contributed by atoms with E-state index in [0.29, 0.717) is 6.42 Å². The van der Waals surface area contributed by atoms with Gasteiger partial charge in [0.05, 0.1) is 13.2 Å². The molecule has 1 aromatic rings. The smallest absolute Gasteiger partial charge is 0.245 e. The van der Waals surface area contributed by atoms with Crippen LogP contribution >= 0.6 is 15.9 Å². The lowest BCUT2D eigenvalue weighted by molar-refractivity contribution is -0.169. The average molecular weight is 302 g/mol. The summed E-state index contributed by atoms with van der Waals surface area (Å²) in [7, 11) is 2.98. The summed E-state index contributed by atoms with van der Waals surface area (Å²) in [6, 6.07) is 7.39. The molecule has 0 spiro atoms. The lowest BCUT2D eigenvalue weighted by Crippen LogP contribution is -2.25. The molecule has 94 valence electrons. The van der Waals surface area contributed by atoms with E-state index in [2.05, 4.69) is 15.9 Å². The number of amides is 1. The lowest BCUT2D eigenvalue weighted by Gasteiger charge is -2.15. The fourth-order valence-electron chi connectivity index (χ4n) is 1.37. The van der Waals surface area contributed by atoms with Crippen LogP contribution in [-0.2, 0) is 9.63 Å². The first-order valence-electron chi connectivity index (χ1n) is 5.28. The summed E-state index contributed by atoms with van der Waals surface area (Å²) >= 11 is 3.33. The van der Waals surface area contributed by atoms with Crippen molar-refractivity contribution in [3.8, 4) is 0 Å². The Labute approximate surface area is 109 Å². The van der Waals surface area contributed by atoms with Crippen molar-refractivity contribution in [1.29, 1.82) is 0 Å². The number of hydroxylamine groups is 2. The van der Waals surface area contributed by atoms with Crippen LogP contribution in [-0.4, -0.2) is 30.2 Å². The molecule has 17 heavy (non-hydrogen) atoms. The fraction of sp³-hybridized carbons (Fsp3) is 0.417. The minimum absolute atomic E-state index is 0.149. The van der Waals surface area contributed by atoms with Gasteiger partial charge in [0.1, 0.15) is 0 Å². The molecule has 1 aromatic carbocycles. The normalized spacial score (nSPS) is 12.2. The molecule has 1 unspecified atom stereocenters. The van der Waals surface area contributed by atoms with Gasteiger partial charge < -0.3 is 5.11 Å². The molecule has 1 amide bonds. The Morgan fingerprint density at radius 2 is 2.06 bits per heavy atom. The number of rotatable bonds is 5. The van der Waals surface area contributed by atoms with Gasteiger partial charge in [-0.2, -0.15) is 0 Å². The monoisotopic (exact) mass is 301 g/mol. The van der Waals surface area contributed by atoms with Gasteiger partial charge in [0.15, 0.2) is 0 Å². The highest BCUT2D eigenvalue weighted by molar-refractivity contribution is 9.10. The van der Waals surface area contributed by atoms with Crippen molar-refractivity contribution in [1.82, 2.24) is 5.06 Å². The maximum absolute atomic E-state index is 11.4. The number of carbonyl (C=O) groups excluding carboxylic acids is 1. The standard InChI is InChI=1S/C12H16BrNO3/c1-14(17-2)12(16)8-7-11(15)9-3-5-10(13)6-4-9/h3-6,11,15H,7-8H2,1-2H3. The van der Waals surface area contributed by atoms with E-state index in [1.165, 1.54) is 7.11 Å². The summed E-state index contributed by atoms with van der Waals surface area (Å²) < 4.78 is 0.962. The molecule has 1 rings (SSSR count). The molecule has 0 bridgehead atoms. The molecule has 0 saturated heterocycles. The number of benzene rings is 1. The molecule has 0 aliphatic carbocycles. The highest BCUT2D eigenvalue weighted by Gasteiger charge is 2.13. The van der Waals surface area contributed by atoms with Crippen LogP contribution in [0.4, 0.5) is 0 Å². The Morgan fingerprint density at radius 1 is 1.47 bits per heavy atom. The SMILES string of the molecule is CON(C)C(=O)CCC(O)c1ccc(Br)cc1. The van der Waals surface area contributed by atoms with Gasteiger partial charge in [0.25, 0.3) is 0 Å². The zero-order valence-corrected chi connectivity index (χ0v) is 11.5. The van der Waals surface area contributed by atoms with E-state index in [-0.39, 0.29) is 12.3 Å². The third kappa shape index (κ3) is 4.46. The minimum atomic E-state index is -0.627. The molecule has 0 aliphatic rings. The van der Waals surface area contributed by atoms with E-state index >= 15 is 0 Å². The van der Waals surface area contributed by atoms with Crippen LogP contribution in [0.2, 0.25) is 0 Å². The molecule has 5 heteroatoms. The largest absolute Gasteiger partial charge is 0.388 e. The van der Waals surface area contributed by atoms with Gasteiger partial charge in [0, 0.05) is 17.9 Å². The molecule has 1 N–H and O–H groups in total. The molecule has 0 heterocycles.